The van der Waals surface area contributed by atoms with Gasteiger partial charge < -0.3 is 5.32 Å². The van der Waals surface area contributed by atoms with Crippen molar-refractivity contribution in [3.05, 3.63) is 54.4 Å². The zero-order valence-electron chi connectivity index (χ0n) is 11.5. The molecule has 1 N–H and O–H groups in total. The number of nitrogens with one attached hydrogen (secondary N) is 1. The summed E-state index contributed by atoms with van der Waals surface area (Å²) in [5.41, 5.74) is 2.97. The molecule has 0 bridgehead atoms. The van der Waals surface area contributed by atoms with Gasteiger partial charge >= 0.3 is 0 Å². The zero-order valence-corrected chi connectivity index (χ0v) is 12.3. The first-order valence-corrected chi connectivity index (χ1v) is 7.44. The molecular weight excluding hydrogens is 284 g/mol. The highest BCUT2D eigenvalue weighted by Crippen LogP contribution is 2.22. The first-order valence-electron chi connectivity index (χ1n) is 6.46. The number of pyridine rings is 1. The smallest absolute Gasteiger partial charge is 0.214 e. The first-order chi connectivity index (χ1) is 10.4. The standard InChI is InChI=1S/C14H14N6S/c1-15-11-7-8-16-12(9-11)10-21-14-17-18-19-20(14)13-5-3-2-4-6-13/h2-9H,10H2,1H3,(H,15,16). The van der Waals surface area contributed by atoms with Crippen LogP contribution in [0.3, 0.4) is 0 Å². The molecular formula is C14H14N6S. The summed E-state index contributed by atoms with van der Waals surface area (Å²) in [6.07, 6.45) is 1.79. The normalized spacial score (nSPS) is 10.5. The highest BCUT2D eigenvalue weighted by molar-refractivity contribution is 7.98. The Kier molecular flexibility index (Phi) is 4.11. The Balaban J connectivity index is 1.76. The summed E-state index contributed by atoms with van der Waals surface area (Å²) in [4.78, 5) is 4.35. The van der Waals surface area contributed by atoms with Crippen LogP contribution in [-0.2, 0) is 5.75 Å². The Morgan fingerprint density at radius 2 is 2.05 bits per heavy atom. The van der Waals surface area contributed by atoms with Crippen LogP contribution in [0.1, 0.15) is 5.69 Å². The van der Waals surface area contributed by atoms with Gasteiger partial charge in [0.1, 0.15) is 0 Å². The largest absolute Gasteiger partial charge is 0.388 e. The molecule has 0 aliphatic rings. The van der Waals surface area contributed by atoms with Gasteiger partial charge in [-0.3, -0.25) is 4.98 Å². The fourth-order valence-corrected chi connectivity index (χ4v) is 2.64. The molecule has 0 aliphatic heterocycles. The van der Waals surface area contributed by atoms with Crippen molar-refractivity contribution in [3.8, 4) is 5.69 Å². The monoisotopic (exact) mass is 298 g/mol. The van der Waals surface area contributed by atoms with E-state index < -0.39 is 0 Å². The second-order valence-electron chi connectivity index (χ2n) is 4.28. The van der Waals surface area contributed by atoms with Gasteiger partial charge in [0.05, 0.1) is 11.4 Å². The third-order valence-corrected chi connectivity index (χ3v) is 3.85. The molecule has 3 aromatic rings. The minimum absolute atomic E-state index is 0.711. The summed E-state index contributed by atoms with van der Waals surface area (Å²) >= 11 is 1.56. The van der Waals surface area contributed by atoms with E-state index in [1.54, 1.807) is 22.6 Å². The molecule has 0 amide bonds. The highest BCUT2D eigenvalue weighted by Gasteiger charge is 2.09. The van der Waals surface area contributed by atoms with Crippen LogP contribution in [0.15, 0.2) is 53.8 Å². The lowest BCUT2D eigenvalue weighted by Crippen LogP contribution is -1.99. The molecule has 0 atom stereocenters. The number of tetrazole rings is 1. The Hall–Kier alpha value is -2.41. The van der Waals surface area contributed by atoms with Gasteiger partial charge in [-0.25, -0.2) is 0 Å². The van der Waals surface area contributed by atoms with E-state index >= 15 is 0 Å². The van der Waals surface area contributed by atoms with E-state index in [1.807, 2.05) is 49.5 Å². The third kappa shape index (κ3) is 3.19. The van der Waals surface area contributed by atoms with Crippen molar-refractivity contribution >= 4 is 17.4 Å². The van der Waals surface area contributed by atoms with Crippen LogP contribution >= 0.6 is 11.8 Å². The predicted molar refractivity (Wildman–Crippen MR) is 82.5 cm³/mol. The summed E-state index contributed by atoms with van der Waals surface area (Å²) < 4.78 is 1.73. The Morgan fingerprint density at radius 3 is 2.86 bits per heavy atom. The molecule has 21 heavy (non-hydrogen) atoms. The van der Waals surface area contributed by atoms with Crippen LogP contribution in [0.4, 0.5) is 5.69 Å². The van der Waals surface area contributed by atoms with Crippen molar-refractivity contribution < 1.29 is 0 Å². The Bertz CT molecular complexity index is 712. The molecule has 0 fully saturated rings. The number of benzene rings is 1. The lowest BCUT2D eigenvalue weighted by Gasteiger charge is -2.05. The van der Waals surface area contributed by atoms with Gasteiger partial charge in [-0.05, 0) is 34.7 Å². The Morgan fingerprint density at radius 1 is 1.19 bits per heavy atom. The fraction of sp³-hybridized carbons (Fsp3) is 0.143. The molecule has 0 saturated carbocycles. The maximum atomic E-state index is 4.35. The molecule has 106 valence electrons. The van der Waals surface area contributed by atoms with E-state index in [0.29, 0.717) is 5.75 Å². The molecule has 0 spiro atoms. The number of rotatable bonds is 5. The molecule has 0 aliphatic carbocycles. The average Bonchev–Trinajstić information content (AvgIpc) is 3.02. The second kappa shape index (κ2) is 6.36. The number of para-hydroxylation sites is 1. The van der Waals surface area contributed by atoms with E-state index in [-0.39, 0.29) is 0 Å². The summed E-state index contributed by atoms with van der Waals surface area (Å²) in [5.74, 6) is 0.711. The van der Waals surface area contributed by atoms with Crippen LogP contribution in [-0.4, -0.2) is 32.2 Å². The topological polar surface area (TPSA) is 68.5 Å². The van der Waals surface area contributed by atoms with Crippen LogP contribution in [0.2, 0.25) is 0 Å². The van der Waals surface area contributed by atoms with E-state index in [1.165, 1.54) is 0 Å². The molecule has 7 heteroatoms. The number of hydrogen-bond acceptors (Lipinski definition) is 6. The van der Waals surface area contributed by atoms with Crippen LogP contribution in [0.25, 0.3) is 5.69 Å². The predicted octanol–water partition coefficient (Wildman–Crippen LogP) is 2.39. The van der Waals surface area contributed by atoms with Gasteiger partial charge in [-0.15, -0.1) is 5.10 Å². The van der Waals surface area contributed by atoms with Crippen molar-refractivity contribution in [2.75, 3.05) is 12.4 Å². The summed E-state index contributed by atoms with van der Waals surface area (Å²) in [7, 11) is 1.89. The minimum Gasteiger partial charge on any atom is -0.388 e. The number of anilines is 1. The SMILES string of the molecule is CNc1ccnc(CSc2nnnn2-c2ccccc2)c1. The molecule has 2 heterocycles. The van der Waals surface area contributed by atoms with Crippen molar-refractivity contribution in [2.24, 2.45) is 0 Å². The van der Waals surface area contributed by atoms with Gasteiger partial charge in [0.15, 0.2) is 0 Å². The Labute approximate surface area is 126 Å². The van der Waals surface area contributed by atoms with Crippen molar-refractivity contribution in [1.29, 1.82) is 0 Å². The van der Waals surface area contributed by atoms with Crippen molar-refractivity contribution in [1.82, 2.24) is 25.2 Å². The van der Waals surface area contributed by atoms with Gasteiger partial charge in [-0.2, -0.15) is 4.68 Å². The molecule has 3 rings (SSSR count). The second-order valence-corrected chi connectivity index (χ2v) is 5.23. The van der Waals surface area contributed by atoms with Crippen LogP contribution in [0, 0.1) is 0 Å². The molecule has 1 aromatic carbocycles. The van der Waals surface area contributed by atoms with Gasteiger partial charge in [0.25, 0.3) is 0 Å². The molecule has 0 unspecified atom stereocenters. The molecule has 6 nitrogen and oxygen atoms in total. The van der Waals surface area contributed by atoms with Gasteiger partial charge in [-0.1, -0.05) is 30.0 Å². The number of hydrogen-bond donors (Lipinski definition) is 1. The van der Waals surface area contributed by atoms with Crippen molar-refractivity contribution in [2.45, 2.75) is 10.9 Å². The van der Waals surface area contributed by atoms with E-state index in [2.05, 4.69) is 25.8 Å². The van der Waals surface area contributed by atoms with E-state index in [4.69, 9.17) is 0 Å². The maximum Gasteiger partial charge on any atom is 0.214 e. The number of thioether (sulfide) groups is 1. The summed E-state index contributed by atoms with van der Waals surface area (Å²) in [6, 6.07) is 13.8. The number of aromatic nitrogens is 5. The third-order valence-electron chi connectivity index (χ3n) is 2.90. The lowest BCUT2D eigenvalue weighted by molar-refractivity contribution is 0.756. The quantitative estimate of drug-likeness (QED) is 0.729. The molecule has 2 aromatic heterocycles. The highest BCUT2D eigenvalue weighted by atomic mass is 32.2. The van der Waals surface area contributed by atoms with Crippen molar-refractivity contribution in [3.63, 3.8) is 0 Å². The summed E-state index contributed by atoms with van der Waals surface area (Å²) in [6.45, 7) is 0. The van der Waals surface area contributed by atoms with E-state index in [9.17, 15) is 0 Å². The lowest BCUT2D eigenvalue weighted by atomic mass is 10.3. The first kappa shape index (κ1) is 13.6. The van der Waals surface area contributed by atoms with Crippen LogP contribution in [0.5, 0.6) is 0 Å². The van der Waals surface area contributed by atoms with E-state index in [0.717, 1.165) is 22.2 Å². The number of nitrogens with zero attached hydrogens (tertiary/aromatic N) is 5. The minimum atomic E-state index is 0.711. The molecule has 0 radical (unpaired) electrons. The maximum absolute atomic E-state index is 4.35. The van der Waals surface area contributed by atoms with Gasteiger partial charge in [0.2, 0.25) is 5.16 Å². The molecule has 0 saturated heterocycles. The van der Waals surface area contributed by atoms with Gasteiger partial charge in [0, 0.05) is 24.7 Å². The average molecular weight is 298 g/mol. The summed E-state index contributed by atoms with van der Waals surface area (Å²) in [5, 5.41) is 15.7. The van der Waals surface area contributed by atoms with Crippen LogP contribution < -0.4 is 5.32 Å². The zero-order chi connectivity index (χ0) is 14.5. The fourth-order valence-electron chi connectivity index (χ4n) is 1.85.